The zero-order valence-electron chi connectivity index (χ0n) is 22.9. The molecule has 0 aliphatic carbocycles. The molecule has 0 spiro atoms. The van der Waals surface area contributed by atoms with Gasteiger partial charge in [-0.05, 0) is 49.3 Å². The topological polar surface area (TPSA) is 9.23 Å². The minimum Gasteiger partial charge on any atom is -0.373 e. The van der Waals surface area contributed by atoms with E-state index >= 15 is 8.78 Å². The summed E-state index contributed by atoms with van der Waals surface area (Å²) in [6.07, 6.45) is 12.1. The second kappa shape index (κ2) is 13.9. The molecule has 0 radical (unpaired) electrons. The van der Waals surface area contributed by atoms with E-state index in [4.69, 9.17) is 4.74 Å². The van der Waals surface area contributed by atoms with Crippen LogP contribution < -0.4 is 0 Å². The molecule has 0 saturated carbocycles. The lowest BCUT2D eigenvalue weighted by atomic mass is 9.92. The molecule has 1 aliphatic heterocycles. The van der Waals surface area contributed by atoms with Crippen LogP contribution in [0.2, 0.25) is 0 Å². The maximum Gasteiger partial charge on any atom is 0.167 e. The van der Waals surface area contributed by atoms with E-state index in [2.05, 4.69) is 13.0 Å². The van der Waals surface area contributed by atoms with Crippen molar-refractivity contribution in [1.29, 1.82) is 0 Å². The highest BCUT2D eigenvalue weighted by Gasteiger charge is 2.26. The molecule has 3 aromatic carbocycles. The first kappa shape index (κ1) is 29.1. The zero-order valence-corrected chi connectivity index (χ0v) is 22.9. The Balaban J connectivity index is 1.45. The summed E-state index contributed by atoms with van der Waals surface area (Å²) in [5, 5.41) is 0. The van der Waals surface area contributed by atoms with E-state index in [0.29, 0.717) is 42.1 Å². The van der Waals surface area contributed by atoms with E-state index in [9.17, 15) is 8.78 Å². The number of unbranched alkanes of at least 4 members (excludes halogenated alkanes) is 5. The lowest BCUT2D eigenvalue weighted by molar-refractivity contribution is -0.00743. The van der Waals surface area contributed by atoms with Gasteiger partial charge in [0.25, 0.3) is 0 Å². The Morgan fingerprint density at radius 2 is 1.33 bits per heavy atom. The minimum atomic E-state index is -0.935. The molecule has 3 aromatic rings. The quantitative estimate of drug-likeness (QED) is 0.134. The van der Waals surface area contributed by atoms with Crippen molar-refractivity contribution in [3.63, 3.8) is 0 Å². The smallest absolute Gasteiger partial charge is 0.167 e. The molecule has 1 nitrogen and oxygen atoms in total. The second-order valence-electron chi connectivity index (χ2n) is 10.5. The van der Waals surface area contributed by atoms with E-state index in [-0.39, 0.29) is 16.7 Å². The van der Waals surface area contributed by atoms with Crippen LogP contribution in [0.25, 0.3) is 22.3 Å². The van der Waals surface area contributed by atoms with Gasteiger partial charge in [0.2, 0.25) is 0 Å². The predicted octanol–water partition coefficient (Wildman–Crippen LogP) is 10.5. The first-order valence-corrected chi connectivity index (χ1v) is 14.2. The minimum absolute atomic E-state index is 0.117. The Bertz CT molecular complexity index is 1260. The number of allylic oxidation sites excluding steroid dienone is 1. The molecule has 39 heavy (non-hydrogen) atoms. The zero-order chi connectivity index (χ0) is 27.8. The van der Waals surface area contributed by atoms with Gasteiger partial charge in [-0.15, -0.1) is 0 Å². The highest BCUT2D eigenvalue weighted by Crippen LogP contribution is 2.36. The Kier molecular flexibility index (Phi) is 10.4. The summed E-state index contributed by atoms with van der Waals surface area (Å²) in [7, 11) is 0. The highest BCUT2D eigenvalue weighted by atomic mass is 19.2. The number of hydrogen-bond acceptors (Lipinski definition) is 1. The number of halogens is 4. The fourth-order valence-corrected chi connectivity index (χ4v) is 5.41. The van der Waals surface area contributed by atoms with Gasteiger partial charge in [-0.2, -0.15) is 0 Å². The third-order valence-electron chi connectivity index (χ3n) is 7.70. The molecule has 0 N–H and O–H groups in total. The van der Waals surface area contributed by atoms with E-state index in [1.54, 1.807) is 48.5 Å². The van der Waals surface area contributed by atoms with Gasteiger partial charge >= 0.3 is 0 Å². The second-order valence-corrected chi connectivity index (χ2v) is 10.5. The number of aryl methyl sites for hydroxylation is 1. The lowest BCUT2D eigenvalue weighted by Crippen LogP contribution is -2.20. The molecule has 4 rings (SSSR count). The van der Waals surface area contributed by atoms with Gasteiger partial charge in [0.05, 0.1) is 12.7 Å². The number of rotatable bonds is 11. The van der Waals surface area contributed by atoms with Gasteiger partial charge in [0.1, 0.15) is 0 Å². The van der Waals surface area contributed by atoms with Crippen molar-refractivity contribution < 1.29 is 22.3 Å². The first-order valence-electron chi connectivity index (χ1n) is 14.2. The summed E-state index contributed by atoms with van der Waals surface area (Å²) < 4.78 is 65.7. The molecule has 2 atom stereocenters. The van der Waals surface area contributed by atoms with Crippen molar-refractivity contribution in [2.45, 2.75) is 77.7 Å². The van der Waals surface area contributed by atoms with Crippen LogP contribution in [0.5, 0.6) is 0 Å². The van der Waals surface area contributed by atoms with E-state index < -0.39 is 29.4 Å². The third kappa shape index (κ3) is 7.00. The Morgan fingerprint density at radius 1 is 0.718 bits per heavy atom. The maximum absolute atomic E-state index is 15.1. The van der Waals surface area contributed by atoms with Crippen molar-refractivity contribution >= 4 is 0 Å². The van der Waals surface area contributed by atoms with E-state index in [1.165, 1.54) is 19.3 Å². The lowest BCUT2D eigenvalue weighted by Gasteiger charge is -2.28. The van der Waals surface area contributed by atoms with Crippen LogP contribution in [0.4, 0.5) is 17.6 Å². The molecule has 0 amide bonds. The molecule has 2 unspecified atom stereocenters. The van der Waals surface area contributed by atoms with Crippen molar-refractivity contribution in [1.82, 2.24) is 0 Å². The Labute approximate surface area is 229 Å². The summed E-state index contributed by atoms with van der Waals surface area (Å²) in [4.78, 5) is 0. The van der Waals surface area contributed by atoms with Crippen LogP contribution >= 0.6 is 0 Å². The van der Waals surface area contributed by atoms with E-state index in [1.807, 2.05) is 13.0 Å². The molecule has 208 valence electrons. The standard InChI is InChI=1S/C34H38F4O/c1-3-5-6-7-8-9-11-26-17-18-27(32(36)31(26)35)24-13-15-25(16-14-24)28-19-20-29(34(38)33(28)37)30-21-12-23(10-4-2)22-39-30/h4,10,13-20,23,30H,3,5-9,11-12,21-22H2,1-2H3. The van der Waals surface area contributed by atoms with Crippen molar-refractivity contribution in [3.8, 4) is 22.3 Å². The Morgan fingerprint density at radius 3 is 1.95 bits per heavy atom. The molecule has 1 saturated heterocycles. The largest absolute Gasteiger partial charge is 0.373 e. The van der Waals surface area contributed by atoms with Gasteiger partial charge in [-0.3, -0.25) is 0 Å². The number of hydrogen-bond donors (Lipinski definition) is 0. The normalized spacial score (nSPS) is 17.7. The van der Waals surface area contributed by atoms with Gasteiger partial charge in [-0.25, -0.2) is 17.6 Å². The van der Waals surface area contributed by atoms with Crippen molar-refractivity contribution in [3.05, 3.63) is 95.1 Å². The van der Waals surface area contributed by atoms with Crippen LogP contribution in [0.3, 0.4) is 0 Å². The van der Waals surface area contributed by atoms with Crippen molar-refractivity contribution in [2.75, 3.05) is 6.61 Å². The van der Waals surface area contributed by atoms with Crippen LogP contribution in [-0.4, -0.2) is 6.61 Å². The highest BCUT2D eigenvalue weighted by molar-refractivity contribution is 5.71. The van der Waals surface area contributed by atoms with Crippen LogP contribution in [-0.2, 0) is 11.2 Å². The summed E-state index contributed by atoms with van der Waals surface area (Å²) in [5.74, 6) is -3.23. The number of benzene rings is 3. The fraction of sp³-hybridized carbons (Fsp3) is 0.412. The van der Waals surface area contributed by atoms with Gasteiger partial charge in [-0.1, -0.05) is 99.7 Å². The Hall–Kier alpha value is -2.92. The van der Waals surface area contributed by atoms with Crippen LogP contribution in [0.1, 0.15) is 82.4 Å². The molecular formula is C34H38F4O. The molecular weight excluding hydrogens is 500 g/mol. The predicted molar refractivity (Wildman–Crippen MR) is 150 cm³/mol. The van der Waals surface area contributed by atoms with Crippen molar-refractivity contribution in [2.24, 2.45) is 5.92 Å². The molecule has 1 aliphatic rings. The average molecular weight is 539 g/mol. The summed E-state index contributed by atoms with van der Waals surface area (Å²) in [6.45, 7) is 4.60. The van der Waals surface area contributed by atoms with Crippen LogP contribution in [0, 0.1) is 29.2 Å². The average Bonchev–Trinajstić information content (AvgIpc) is 2.95. The monoisotopic (exact) mass is 538 g/mol. The molecule has 0 aromatic heterocycles. The first-order chi connectivity index (χ1) is 18.9. The summed E-state index contributed by atoms with van der Waals surface area (Å²) >= 11 is 0. The molecule has 5 heteroatoms. The molecule has 0 bridgehead atoms. The van der Waals surface area contributed by atoms with Gasteiger partial charge < -0.3 is 4.74 Å². The molecule has 1 fully saturated rings. The third-order valence-corrected chi connectivity index (χ3v) is 7.70. The van der Waals surface area contributed by atoms with Crippen LogP contribution in [0.15, 0.2) is 60.7 Å². The fourth-order valence-electron chi connectivity index (χ4n) is 5.41. The van der Waals surface area contributed by atoms with Gasteiger partial charge in [0, 0.05) is 22.6 Å². The maximum atomic E-state index is 15.1. The SMILES string of the molecule is CC=CC1CCC(c2ccc(-c3ccc(-c4ccc(CCCCCCCC)c(F)c4F)cc3)c(F)c2F)OC1. The summed E-state index contributed by atoms with van der Waals surface area (Å²) in [5.41, 5.74) is 1.82. The summed E-state index contributed by atoms with van der Waals surface area (Å²) in [6, 6.07) is 12.8. The number of ether oxygens (including phenoxy) is 1. The molecule has 1 heterocycles. The van der Waals surface area contributed by atoms with Gasteiger partial charge in [0.15, 0.2) is 23.3 Å². The van der Waals surface area contributed by atoms with E-state index in [0.717, 1.165) is 25.7 Å².